The molecule has 2 heteroatoms. The van der Waals surface area contributed by atoms with Crippen LogP contribution in [0, 0.1) is 11.8 Å². The highest BCUT2D eigenvalue weighted by Gasteiger charge is 2.41. The van der Waals surface area contributed by atoms with Crippen LogP contribution in [0.15, 0.2) is 0 Å². The highest BCUT2D eigenvalue weighted by molar-refractivity contribution is 4.94. The predicted octanol–water partition coefficient (Wildman–Crippen LogP) is 3.44. The van der Waals surface area contributed by atoms with Gasteiger partial charge >= 0.3 is 0 Å². The normalized spacial score (nSPS) is 33.8. The van der Waals surface area contributed by atoms with Gasteiger partial charge in [-0.2, -0.15) is 0 Å². The van der Waals surface area contributed by atoms with E-state index in [0.717, 1.165) is 31.8 Å². The van der Waals surface area contributed by atoms with Crippen molar-refractivity contribution in [2.24, 2.45) is 11.8 Å². The van der Waals surface area contributed by atoms with E-state index in [-0.39, 0.29) is 5.60 Å². The molecule has 2 aliphatic rings. The van der Waals surface area contributed by atoms with Crippen molar-refractivity contribution < 1.29 is 5.11 Å². The van der Waals surface area contributed by atoms with Crippen molar-refractivity contribution in [3.05, 3.63) is 0 Å². The summed E-state index contributed by atoms with van der Waals surface area (Å²) < 4.78 is 0. The molecule has 2 atom stereocenters. The Labute approximate surface area is 113 Å². The Hall–Kier alpha value is -0.0800. The lowest BCUT2D eigenvalue weighted by Gasteiger charge is -2.46. The number of nitrogens with zero attached hydrogens (tertiary/aromatic N) is 1. The Morgan fingerprint density at radius 2 is 1.89 bits per heavy atom. The summed E-state index contributed by atoms with van der Waals surface area (Å²) in [4.78, 5) is 2.51. The molecule has 106 valence electrons. The molecule has 2 rings (SSSR count). The molecule has 2 unspecified atom stereocenters. The molecule has 0 radical (unpaired) electrons. The van der Waals surface area contributed by atoms with Crippen LogP contribution in [-0.4, -0.2) is 34.7 Å². The number of aliphatic hydroxyl groups is 1. The van der Waals surface area contributed by atoms with Crippen LogP contribution in [0.3, 0.4) is 0 Å². The fourth-order valence-electron chi connectivity index (χ4n) is 3.99. The van der Waals surface area contributed by atoms with Gasteiger partial charge in [-0.1, -0.05) is 26.2 Å². The average molecular weight is 253 g/mol. The van der Waals surface area contributed by atoms with Crippen molar-refractivity contribution in [1.82, 2.24) is 4.90 Å². The summed E-state index contributed by atoms with van der Waals surface area (Å²) in [5.74, 6) is 1.45. The first kappa shape index (κ1) is 14.3. The van der Waals surface area contributed by atoms with Crippen LogP contribution in [0.1, 0.15) is 65.7 Å². The maximum absolute atomic E-state index is 11.0. The van der Waals surface area contributed by atoms with Crippen LogP contribution < -0.4 is 0 Å². The molecule has 0 amide bonds. The van der Waals surface area contributed by atoms with Gasteiger partial charge in [0.2, 0.25) is 0 Å². The summed E-state index contributed by atoms with van der Waals surface area (Å²) in [7, 11) is 0. The molecule has 2 fully saturated rings. The Bertz CT molecular complexity index is 256. The third-order valence-electron chi connectivity index (χ3n) is 5.51. The topological polar surface area (TPSA) is 23.5 Å². The fourth-order valence-corrected chi connectivity index (χ4v) is 3.99. The summed E-state index contributed by atoms with van der Waals surface area (Å²) in [6, 6.07) is 0.629. The van der Waals surface area contributed by atoms with Crippen molar-refractivity contribution in [1.29, 1.82) is 0 Å². The summed E-state index contributed by atoms with van der Waals surface area (Å²) in [6.07, 6.45) is 8.53. The van der Waals surface area contributed by atoms with Crippen molar-refractivity contribution in [3.63, 3.8) is 0 Å². The standard InChI is InChI=1S/C16H31NO/c1-4-14-6-5-7-15(12-14)16(18)8-10-17(11-9-16)13(2)3/h13-15,18H,4-12H2,1-3H3. The first-order valence-electron chi connectivity index (χ1n) is 8.01. The van der Waals surface area contributed by atoms with Gasteiger partial charge in [0.25, 0.3) is 0 Å². The summed E-state index contributed by atoms with van der Waals surface area (Å²) in [6.45, 7) is 9.00. The number of rotatable bonds is 3. The Balaban J connectivity index is 1.92. The third kappa shape index (κ3) is 3.08. The minimum atomic E-state index is -0.348. The Morgan fingerprint density at radius 3 is 2.44 bits per heavy atom. The van der Waals surface area contributed by atoms with Gasteiger partial charge in [0, 0.05) is 19.1 Å². The van der Waals surface area contributed by atoms with Crippen LogP contribution in [0.2, 0.25) is 0 Å². The molecule has 0 aromatic carbocycles. The van der Waals surface area contributed by atoms with Gasteiger partial charge in [0.15, 0.2) is 0 Å². The van der Waals surface area contributed by atoms with Crippen LogP contribution in [-0.2, 0) is 0 Å². The molecular weight excluding hydrogens is 222 g/mol. The number of hydrogen-bond acceptors (Lipinski definition) is 2. The largest absolute Gasteiger partial charge is 0.390 e. The smallest absolute Gasteiger partial charge is 0.0700 e. The molecule has 0 spiro atoms. The highest BCUT2D eigenvalue weighted by atomic mass is 16.3. The summed E-state index contributed by atoms with van der Waals surface area (Å²) >= 11 is 0. The van der Waals surface area contributed by atoms with E-state index in [2.05, 4.69) is 25.7 Å². The molecule has 1 aliphatic carbocycles. The quantitative estimate of drug-likeness (QED) is 0.833. The van der Waals surface area contributed by atoms with Gasteiger partial charge in [-0.3, -0.25) is 0 Å². The van der Waals surface area contributed by atoms with E-state index in [1.165, 1.54) is 32.1 Å². The maximum atomic E-state index is 11.0. The van der Waals surface area contributed by atoms with Crippen molar-refractivity contribution in [2.45, 2.75) is 77.4 Å². The van der Waals surface area contributed by atoms with E-state index in [1.807, 2.05) is 0 Å². The van der Waals surface area contributed by atoms with Crippen LogP contribution >= 0.6 is 0 Å². The van der Waals surface area contributed by atoms with E-state index in [9.17, 15) is 5.11 Å². The minimum Gasteiger partial charge on any atom is -0.390 e. The Kier molecular flexibility index (Phi) is 4.71. The number of hydrogen-bond donors (Lipinski definition) is 1. The van der Waals surface area contributed by atoms with Crippen LogP contribution in [0.25, 0.3) is 0 Å². The molecule has 1 aliphatic heterocycles. The Morgan fingerprint density at radius 1 is 1.22 bits per heavy atom. The highest BCUT2D eigenvalue weighted by Crippen LogP contribution is 2.42. The van der Waals surface area contributed by atoms with E-state index in [1.54, 1.807) is 0 Å². The molecule has 2 nitrogen and oxygen atoms in total. The number of piperidine rings is 1. The molecule has 0 bridgehead atoms. The summed E-state index contributed by atoms with van der Waals surface area (Å²) in [5, 5.41) is 11.0. The monoisotopic (exact) mass is 253 g/mol. The fraction of sp³-hybridized carbons (Fsp3) is 1.00. The second-order valence-corrected chi connectivity index (χ2v) is 6.87. The lowest BCUT2D eigenvalue weighted by molar-refractivity contribution is -0.0871. The second kappa shape index (κ2) is 5.92. The molecule has 1 saturated heterocycles. The zero-order valence-electron chi connectivity index (χ0n) is 12.5. The molecule has 1 N–H and O–H groups in total. The van der Waals surface area contributed by atoms with E-state index in [0.29, 0.717) is 12.0 Å². The lowest BCUT2D eigenvalue weighted by atomic mass is 9.68. The van der Waals surface area contributed by atoms with Gasteiger partial charge in [0.1, 0.15) is 0 Å². The molecule has 18 heavy (non-hydrogen) atoms. The summed E-state index contributed by atoms with van der Waals surface area (Å²) in [5.41, 5.74) is -0.348. The maximum Gasteiger partial charge on any atom is 0.0700 e. The minimum absolute atomic E-state index is 0.348. The van der Waals surface area contributed by atoms with E-state index in [4.69, 9.17) is 0 Å². The molecule has 0 aromatic rings. The van der Waals surface area contributed by atoms with Gasteiger partial charge < -0.3 is 10.0 Å². The molecular formula is C16H31NO. The van der Waals surface area contributed by atoms with Crippen molar-refractivity contribution >= 4 is 0 Å². The van der Waals surface area contributed by atoms with Crippen LogP contribution in [0.5, 0.6) is 0 Å². The van der Waals surface area contributed by atoms with Crippen LogP contribution in [0.4, 0.5) is 0 Å². The zero-order chi connectivity index (χ0) is 13.2. The molecule has 0 aromatic heterocycles. The van der Waals surface area contributed by atoms with Gasteiger partial charge in [-0.15, -0.1) is 0 Å². The second-order valence-electron chi connectivity index (χ2n) is 6.87. The van der Waals surface area contributed by atoms with Gasteiger partial charge in [0.05, 0.1) is 5.60 Å². The first-order valence-corrected chi connectivity index (χ1v) is 8.01. The molecule has 1 saturated carbocycles. The zero-order valence-corrected chi connectivity index (χ0v) is 12.5. The molecule has 1 heterocycles. The average Bonchev–Trinajstić information content (AvgIpc) is 2.39. The lowest BCUT2D eigenvalue weighted by Crippen LogP contribution is -2.51. The van der Waals surface area contributed by atoms with Gasteiger partial charge in [-0.05, 0) is 51.4 Å². The van der Waals surface area contributed by atoms with E-state index < -0.39 is 0 Å². The van der Waals surface area contributed by atoms with Crippen molar-refractivity contribution in [2.75, 3.05) is 13.1 Å². The first-order chi connectivity index (χ1) is 8.55. The van der Waals surface area contributed by atoms with E-state index >= 15 is 0 Å². The number of likely N-dealkylation sites (tertiary alicyclic amines) is 1. The third-order valence-corrected chi connectivity index (χ3v) is 5.51. The predicted molar refractivity (Wildman–Crippen MR) is 76.6 cm³/mol. The van der Waals surface area contributed by atoms with Gasteiger partial charge in [-0.25, -0.2) is 0 Å². The SMILES string of the molecule is CCC1CCCC(C2(O)CCN(C(C)C)CC2)C1. The van der Waals surface area contributed by atoms with Crippen molar-refractivity contribution in [3.8, 4) is 0 Å².